The van der Waals surface area contributed by atoms with Gasteiger partial charge in [-0.05, 0) is 85.8 Å². The predicted octanol–water partition coefficient (Wildman–Crippen LogP) is 6.74. The topological polar surface area (TPSA) is 41.6 Å². The van der Waals surface area contributed by atoms with Crippen molar-refractivity contribution in [3.8, 4) is 16.9 Å². The summed E-state index contributed by atoms with van der Waals surface area (Å²) in [6.45, 7) is 9.96. The van der Waals surface area contributed by atoms with Gasteiger partial charge in [-0.3, -0.25) is 4.79 Å². The van der Waals surface area contributed by atoms with Crippen LogP contribution in [0.4, 0.5) is 5.69 Å². The van der Waals surface area contributed by atoms with E-state index >= 15 is 0 Å². The highest BCUT2D eigenvalue weighted by Gasteiger charge is 2.16. The Bertz CT molecular complexity index is 1180. The molecule has 4 heteroatoms. The van der Waals surface area contributed by atoms with Gasteiger partial charge in [0, 0.05) is 23.9 Å². The molecule has 0 atom stereocenters. The van der Waals surface area contributed by atoms with Gasteiger partial charge in [0.25, 0.3) is 5.91 Å². The summed E-state index contributed by atoms with van der Waals surface area (Å²) in [4.78, 5) is 15.5. The number of amides is 1. The standard InChI is InChI=1S/C31H36N2O2/c1-4-33(5-2)18-19-35-30-11-7-10-29(22-30)32-31(34)27-9-6-8-24-16-17-26(20-28(24)21-27)25-14-12-23(3)13-15-25/h7,10-17,20-22H,4-6,8-9,18-19H2,1-3H3,(H,32,34). The molecule has 3 aromatic rings. The summed E-state index contributed by atoms with van der Waals surface area (Å²) in [7, 11) is 0. The molecule has 1 aliphatic carbocycles. The highest BCUT2D eigenvalue weighted by molar-refractivity contribution is 6.07. The average Bonchev–Trinajstić information content (AvgIpc) is 3.09. The second kappa shape index (κ2) is 11.9. The van der Waals surface area contributed by atoms with Crippen molar-refractivity contribution in [3.05, 3.63) is 89.0 Å². The fraction of sp³-hybridized carbons (Fsp3) is 0.323. The van der Waals surface area contributed by atoms with Gasteiger partial charge < -0.3 is 15.0 Å². The maximum Gasteiger partial charge on any atom is 0.251 e. The number of nitrogens with one attached hydrogen (secondary N) is 1. The molecule has 1 amide bonds. The lowest BCUT2D eigenvalue weighted by Gasteiger charge is -2.18. The third kappa shape index (κ3) is 6.61. The van der Waals surface area contributed by atoms with Crippen molar-refractivity contribution >= 4 is 17.7 Å². The van der Waals surface area contributed by atoms with Gasteiger partial charge >= 0.3 is 0 Å². The molecule has 0 saturated heterocycles. The SMILES string of the molecule is CCN(CC)CCOc1cccc(NC(=O)C2=Cc3cc(-c4ccc(C)cc4)ccc3CCC2)c1. The molecule has 0 heterocycles. The van der Waals surface area contributed by atoms with Crippen LogP contribution in [0.2, 0.25) is 0 Å². The van der Waals surface area contributed by atoms with Crippen LogP contribution in [-0.4, -0.2) is 37.0 Å². The quantitative estimate of drug-likeness (QED) is 0.378. The van der Waals surface area contributed by atoms with E-state index in [2.05, 4.69) is 79.5 Å². The van der Waals surface area contributed by atoms with Crippen LogP contribution in [0.3, 0.4) is 0 Å². The lowest BCUT2D eigenvalue weighted by Crippen LogP contribution is -2.27. The minimum Gasteiger partial charge on any atom is -0.492 e. The average molecular weight is 469 g/mol. The Morgan fingerprint density at radius 2 is 1.71 bits per heavy atom. The molecule has 0 spiro atoms. The van der Waals surface area contributed by atoms with Crippen LogP contribution in [0.1, 0.15) is 43.4 Å². The highest BCUT2D eigenvalue weighted by Crippen LogP contribution is 2.29. The van der Waals surface area contributed by atoms with E-state index in [0.29, 0.717) is 6.61 Å². The minimum absolute atomic E-state index is 0.0427. The number of hydrogen-bond acceptors (Lipinski definition) is 3. The number of nitrogens with zero attached hydrogens (tertiary/aromatic N) is 1. The van der Waals surface area contributed by atoms with Gasteiger partial charge in [0.2, 0.25) is 0 Å². The minimum atomic E-state index is -0.0427. The monoisotopic (exact) mass is 468 g/mol. The van der Waals surface area contributed by atoms with Crippen LogP contribution in [-0.2, 0) is 11.2 Å². The zero-order valence-electron chi connectivity index (χ0n) is 21.1. The van der Waals surface area contributed by atoms with Crippen LogP contribution < -0.4 is 10.1 Å². The number of ether oxygens (including phenoxy) is 1. The summed E-state index contributed by atoms with van der Waals surface area (Å²) < 4.78 is 5.93. The Morgan fingerprint density at radius 1 is 0.943 bits per heavy atom. The number of rotatable bonds is 9. The molecular weight excluding hydrogens is 432 g/mol. The lowest BCUT2D eigenvalue weighted by molar-refractivity contribution is -0.112. The first kappa shape index (κ1) is 24.7. The largest absolute Gasteiger partial charge is 0.492 e. The number of hydrogen-bond donors (Lipinski definition) is 1. The molecule has 0 unspecified atom stereocenters. The fourth-order valence-electron chi connectivity index (χ4n) is 4.50. The molecule has 182 valence electrons. The molecule has 0 bridgehead atoms. The summed E-state index contributed by atoms with van der Waals surface area (Å²) in [6.07, 6.45) is 4.78. The lowest BCUT2D eigenvalue weighted by atomic mass is 9.97. The van der Waals surface area contributed by atoms with Crippen molar-refractivity contribution in [2.45, 2.75) is 40.0 Å². The number of fused-ring (bicyclic) bond motifs is 1. The zero-order valence-corrected chi connectivity index (χ0v) is 21.1. The first-order valence-corrected chi connectivity index (χ1v) is 12.7. The molecule has 4 nitrogen and oxygen atoms in total. The van der Waals surface area contributed by atoms with Crippen LogP contribution in [0.5, 0.6) is 5.75 Å². The van der Waals surface area contributed by atoms with E-state index < -0.39 is 0 Å². The molecular formula is C31H36N2O2. The Morgan fingerprint density at radius 3 is 2.49 bits per heavy atom. The number of aryl methyl sites for hydroxylation is 2. The van der Waals surface area contributed by atoms with E-state index in [9.17, 15) is 4.79 Å². The smallest absolute Gasteiger partial charge is 0.251 e. The molecule has 35 heavy (non-hydrogen) atoms. The highest BCUT2D eigenvalue weighted by atomic mass is 16.5. The van der Waals surface area contributed by atoms with Gasteiger partial charge in [-0.1, -0.05) is 61.9 Å². The molecule has 0 radical (unpaired) electrons. The molecule has 0 fully saturated rings. The molecule has 0 aromatic heterocycles. The van der Waals surface area contributed by atoms with Gasteiger partial charge in [0.05, 0.1) is 0 Å². The van der Waals surface area contributed by atoms with E-state index in [1.165, 1.54) is 22.3 Å². The normalized spacial score (nSPS) is 13.1. The van der Waals surface area contributed by atoms with Crippen molar-refractivity contribution in [1.29, 1.82) is 0 Å². The number of anilines is 1. The van der Waals surface area contributed by atoms with Gasteiger partial charge in [-0.15, -0.1) is 0 Å². The van der Waals surface area contributed by atoms with Crippen molar-refractivity contribution in [2.24, 2.45) is 0 Å². The van der Waals surface area contributed by atoms with E-state index in [4.69, 9.17) is 4.74 Å². The van der Waals surface area contributed by atoms with E-state index in [0.717, 1.165) is 61.5 Å². The molecule has 1 aliphatic rings. The maximum absolute atomic E-state index is 13.2. The third-order valence-corrected chi connectivity index (χ3v) is 6.71. The summed E-state index contributed by atoms with van der Waals surface area (Å²) >= 11 is 0. The van der Waals surface area contributed by atoms with E-state index in [1.807, 2.05) is 24.3 Å². The van der Waals surface area contributed by atoms with Crippen molar-refractivity contribution < 1.29 is 9.53 Å². The third-order valence-electron chi connectivity index (χ3n) is 6.71. The van der Waals surface area contributed by atoms with Gasteiger partial charge in [0.15, 0.2) is 0 Å². The Balaban J connectivity index is 1.46. The number of likely N-dealkylation sites (N-methyl/N-ethyl adjacent to an activating group) is 1. The van der Waals surface area contributed by atoms with E-state index in [1.54, 1.807) is 0 Å². The number of benzene rings is 3. The molecule has 1 N–H and O–H groups in total. The van der Waals surface area contributed by atoms with Gasteiger partial charge in [-0.2, -0.15) is 0 Å². The van der Waals surface area contributed by atoms with Crippen LogP contribution in [0.25, 0.3) is 17.2 Å². The summed E-state index contributed by atoms with van der Waals surface area (Å²) in [6, 6.07) is 22.9. The van der Waals surface area contributed by atoms with Crippen molar-refractivity contribution in [3.63, 3.8) is 0 Å². The van der Waals surface area contributed by atoms with Gasteiger partial charge in [0.1, 0.15) is 12.4 Å². The van der Waals surface area contributed by atoms with Crippen LogP contribution in [0.15, 0.2) is 72.3 Å². The number of carbonyl (C=O) groups excluding carboxylic acids is 1. The maximum atomic E-state index is 13.2. The first-order chi connectivity index (χ1) is 17.1. The molecule has 3 aromatic carbocycles. The Kier molecular flexibility index (Phi) is 8.38. The molecule has 0 saturated carbocycles. The molecule has 4 rings (SSSR count). The fourth-order valence-corrected chi connectivity index (χ4v) is 4.50. The Labute approximate surface area is 209 Å². The zero-order chi connectivity index (χ0) is 24.6. The van der Waals surface area contributed by atoms with Crippen molar-refractivity contribution in [1.82, 2.24) is 4.90 Å². The predicted molar refractivity (Wildman–Crippen MR) is 146 cm³/mol. The second-order valence-corrected chi connectivity index (χ2v) is 9.16. The van der Waals surface area contributed by atoms with Gasteiger partial charge in [-0.25, -0.2) is 0 Å². The Hall–Kier alpha value is -3.37. The summed E-state index contributed by atoms with van der Waals surface area (Å²) in [5, 5.41) is 3.09. The summed E-state index contributed by atoms with van der Waals surface area (Å²) in [5.41, 5.74) is 7.63. The first-order valence-electron chi connectivity index (χ1n) is 12.7. The number of carbonyl (C=O) groups is 1. The van der Waals surface area contributed by atoms with Crippen LogP contribution >= 0.6 is 0 Å². The molecule has 0 aliphatic heterocycles. The second-order valence-electron chi connectivity index (χ2n) is 9.16. The van der Waals surface area contributed by atoms with Crippen molar-refractivity contribution in [2.75, 3.05) is 31.6 Å². The summed E-state index contributed by atoms with van der Waals surface area (Å²) in [5.74, 6) is 0.733. The van der Waals surface area contributed by atoms with Crippen LogP contribution in [0, 0.1) is 6.92 Å². The van der Waals surface area contributed by atoms with E-state index in [-0.39, 0.29) is 5.91 Å².